The molecule has 0 fully saturated rings. The van der Waals surface area contributed by atoms with E-state index in [1.807, 2.05) is 0 Å². The molecule has 1 aromatic rings. The second-order valence-electron chi connectivity index (χ2n) is 4.85. The van der Waals surface area contributed by atoms with Crippen LogP contribution in [0.25, 0.3) is 0 Å². The van der Waals surface area contributed by atoms with Crippen LogP contribution < -0.4 is 5.32 Å². The molecule has 0 saturated carbocycles. The minimum absolute atomic E-state index is 0.193. The molecule has 0 aliphatic heterocycles. The van der Waals surface area contributed by atoms with E-state index in [1.54, 1.807) is 0 Å². The van der Waals surface area contributed by atoms with Gasteiger partial charge in [0.2, 0.25) is 0 Å². The van der Waals surface area contributed by atoms with E-state index in [4.69, 9.17) is 0 Å². The molecule has 1 aromatic heterocycles. The van der Waals surface area contributed by atoms with Gasteiger partial charge < -0.3 is 5.32 Å². The van der Waals surface area contributed by atoms with Crippen LogP contribution in [0.2, 0.25) is 0 Å². The number of alkyl halides is 9. The summed E-state index contributed by atoms with van der Waals surface area (Å²) in [5.41, 5.74) is 0.573. The zero-order valence-electron chi connectivity index (χ0n) is 11.9. The van der Waals surface area contributed by atoms with Crippen molar-refractivity contribution < 1.29 is 39.9 Å². The van der Waals surface area contributed by atoms with Crippen molar-refractivity contribution in [3.8, 4) is 0 Å². The second-order valence-corrected chi connectivity index (χ2v) is 5.32. The lowest BCUT2D eigenvalue weighted by Crippen LogP contribution is -2.64. The van der Waals surface area contributed by atoms with E-state index in [1.165, 1.54) is 25.2 Å². The van der Waals surface area contributed by atoms with Gasteiger partial charge >= 0.3 is 29.1 Å². The third kappa shape index (κ3) is 3.40. The lowest BCUT2D eigenvalue weighted by Gasteiger charge is -2.33. The minimum atomic E-state index is -6.77. The second kappa shape index (κ2) is 6.01. The average molecular weight is 385 g/mol. The van der Waals surface area contributed by atoms with E-state index in [9.17, 15) is 39.9 Å². The largest absolute Gasteiger partial charge is 0.393 e. The molecule has 0 saturated heterocycles. The number of rotatable bonds is 5. The number of carbonyl (C=O) groups excluding carboxylic acids is 1. The van der Waals surface area contributed by atoms with E-state index in [0.29, 0.717) is 5.56 Å². The summed E-state index contributed by atoms with van der Waals surface area (Å²) < 4.78 is 104. The lowest BCUT2D eigenvalue weighted by atomic mass is 10.0. The minimum Gasteiger partial charge on any atom is -0.305 e. The fourth-order valence-corrected chi connectivity index (χ4v) is 1.74. The van der Waals surface area contributed by atoms with Crippen LogP contribution in [-0.4, -0.2) is 34.0 Å². The van der Waals surface area contributed by atoms with E-state index in [-0.39, 0.29) is 5.69 Å². The van der Waals surface area contributed by atoms with Gasteiger partial charge in [0.1, 0.15) is 5.82 Å². The summed E-state index contributed by atoms with van der Waals surface area (Å²) >= 11 is 3.78. The van der Waals surface area contributed by atoms with Crippen LogP contribution in [0, 0.1) is 13.8 Å². The van der Waals surface area contributed by atoms with Crippen molar-refractivity contribution in [2.45, 2.75) is 37.0 Å². The van der Waals surface area contributed by atoms with E-state index >= 15 is 0 Å². The Bertz CT molecular complexity index is 624. The molecule has 0 unspecified atom stereocenters. The molecular weight excluding hydrogens is 376 g/mol. The number of amides is 1. The van der Waals surface area contributed by atoms with Crippen molar-refractivity contribution in [2.75, 3.05) is 5.32 Å². The van der Waals surface area contributed by atoms with Gasteiger partial charge in [0.05, 0.1) is 0 Å². The smallest absolute Gasteiger partial charge is 0.305 e. The maximum Gasteiger partial charge on any atom is 0.393 e. The first-order valence-electron chi connectivity index (χ1n) is 6.01. The Hall–Kier alpha value is -1.65. The van der Waals surface area contributed by atoms with Crippen molar-refractivity contribution in [3.05, 3.63) is 23.4 Å². The Morgan fingerprint density at radius 3 is 1.92 bits per heavy atom. The Balaban J connectivity index is 3.20. The Morgan fingerprint density at radius 1 is 1.00 bits per heavy atom. The number of halogens is 9. The summed E-state index contributed by atoms with van der Waals surface area (Å²) in [6, 6.07) is 2.41. The molecule has 24 heavy (non-hydrogen) atoms. The molecule has 1 amide bonds. The number of anilines is 1. The Kier molecular flexibility index (Phi) is 5.11. The van der Waals surface area contributed by atoms with E-state index in [0.717, 1.165) is 6.07 Å². The maximum absolute atomic E-state index is 13.4. The number of carbonyl (C=O) groups is 1. The number of aromatic nitrogens is 1. The standard InChI is InChI=1S/C12H9ClF8N2O/c1-5-3-6(2)22-7(4-5)23-8(24)9(14,15)10(16,17)11(18,19)12(13,20)21/h3-4H,1-2H3,(H,22,23,24). The predicted molar refractivity (Wildman–Crippen MR) is 68.0 cm³/mol. The predicted octanol–water partition coefficient (Wildman–Crippen LogP) is 4.37. The molecule has 1 heterocycles. The molecule has 3 nitrogen and oxygen atoms in total. The van der Waals surface area contributed by atoms with E-state index in [2.05, 4.69) is 16.6 Å². The topological polar surface area (TPSA) is 42.0 Å². The van der Waals surface area contributed by atoms with Gasteiger partial charge in [-0.25, -0.2) is 4.98 Å². The summed E-state index contributed by atoms with van der Waals surface area (Å²) in [6.45, 7) is 2.82. The molecule has 136 valence electrons. The zero-order valence-corrected chi connectivity index (χ0v) is 12.7. The van der Waals surface area contributed by atoms with Crippen LogP contribution in [0.5, 0.6) is 0 Å². The van der Waals surface area contributed by atoms with Gasteiger partial charge in [0, 0.05) is 5.69 Å². The van der Waals surface area contributed by atoms with Crippen LogP contribution in [-0.2, 0) is 4.79 Å². The van der Waals surface area contributed by atoms with Crippen LogP contribution in [0.3, 0.4) is 0 Å². The van der Waals surface area contributed by atoms with Crippen molar-refractivity contribution in [1.29, 1.82) is 0 Å². The number of aryl methyl sites for hydroxylation is 2. The molecule has 1 rings (SSSR count). The first-order chi connectivity index (χ1) is 10.5. The zero-order chi connectivity index (χ0) is 19.1. The SMILES string of the molecule is Cc1cc(C)nc(NC(=O)C(F)(F)C(F)(F)C(F)(F)C(F)(F)Cl)c1. The van der Waals surface area contributed by atoms with Gasteiger partial charge in [-0.1, -0.05) is 0 Å². The van der Waals surface area contributed by atoms with E-state index < -0.39 is 34.9 Å². The van der Waals surface area contributed by atoms with Crippen molar-refractivity contribution >= 4 is 23.3 Å². The lowest BCUT2D eigenvalue weighted by molar-refractivity contribution is -0.336. The third-order valence-electron chi connectivity index (χ3n) is 2.77. The van der Waals surface area contributed by atoms with Gasteiger partial charge in [0.25, 0.3) is 0 Å². The summed E-state index contributed by atoms with van der Waals surface area (Å²) in [6.07, 6.45) is 0. The number of pyridine rings is 1. The third-order valence-corrected chi connectivity index (χ3v) is 3.01. The molecule has 1 N–H and O–H groups in total. The monoisotopic (exact) mass is 384 g/mol. The van der Waals surface area contributed by atoms with Gasteiger partial charge in [-0.3, -0.25) is 4.79 Å². The Morgan fingerprint density at radius 2 is 1.50 bits per heavy atom. The number of nitrogens with one attached hydrogen (secondary N) is 1. The molecule has 0 radical (unpaired) electrons. The number of nitrogens with zero attached hydrogens (tertiary/aromatic N) is 1. The van der Waals surface area contributed by atoms with Crippen molar-refractivity contribution in [3.63, 3.8) is 0 Å². The van der Waals surface area contributed by atoms with Crippen LogP contribution in [0.1, 0.15) is 11.3 Å². The first-order valence-corrected chi connectivity index (χ1v) is 6.38. The highest BCUT2D eigenvalue weighted by Gasteiger charge is 2.82. The average Bonchev–Trinajstić information content (AvgIpc) is 2.35. The highest BCUT2D eigenvalue weighted by atomic mass is 35.5. The molecule has 0 atom stereocenters. The number of hydrogen-bond acceptors (Lipinski definition) is 2. The van der Waals surface area contributed by atoms with Gasteiger partial charge in [-0.15, -0.1) is 0 Å². The van der Waals surface area contributed by atoms with Crippen molar-refractivity contribution in [1.82, 2.24) is 4.98 Å². The highest BCUT2D eigenvalue weighted by molar-refractivity contribution is 6.22. The number of hydrogen-bond donors (Lipinski definition) is 1. The molecule has 0 aromatic carbocycles. The molecule has 0 spiro atoms. The summed E-state index contributed by atoms with van der Waals surface area (Å²) in [5, 5.41) is -4.82. The molecule has 12 heteroatoms. The molecule has 0 aliphatic carbocycles. The fourth-order valence-electron chi connectivity index (χ4n) is 1.62. The first kappa shape index (κ1) is 20.4. The Labute approximate surface area is 135 Å². The summed E-state index contributed by atoms with van der Waals surface area (Å²) in [7, 11) is 0. The quantitative estimate of drug-likeness (QED) is 0.605. The molecule has 0 bridgehead atoms. The van der Waals surface area contributed by atoms with Gasteiger partial charge in [-0.05, 0) is 43.1 Å². The van der Waals surface area contributed by atoms with Crippen LogP contribution in [0.15, 0.2) is 12.1 Å². The molecular formula is C12H9ClF8N2O. The normalized spacial score (nSPS) is 13.8. The van der Waals surface area contributed by atoms with Gasteiger partial charge in [0.15, 0.2) is 0 Å². The highest BCUT2D eigenvalue weighted by Crippen LogP contribution is 2.54. The van der Waals surface area contributed by atoms with Crippen LogP contribution >= 0.6 is 11.6 Å². The van der Waals surface area contributed by atoms with Crippen molar-refractivity contribution in [2.24, 2.45) is 0 Å². The fraction of sp³-hybridized carbons (Fsp3) is 0.500. The molecule has 0 aliphatic rings. The van der Waals surface area contributed by atoms with Crippen LogP contribution in [0.4, 0.5) is 40.9 Å². The summed E-state index contributed by atoms with van der Waals surface area (Å²) in [5.74, 6) is -23.2. The summed E-state index contributed by atoms with van der Waals surface area (Å²) in [4.78, 5) is 14.8. The van der Waals surface area contributed by atoms with Gasteiger partial charge in [-0.2, -0.15) is 35.1 Å². The maximum atomic E-state index is 13.4.